The lowest BCUT2D eigenvalue weighted by Gasteiger charge is -2.29. The van der Waals surface area contributed by atoms with Crippen LogP contribution in [0.2, 0.25) is 0 Å². The first kappa shape index (κ1) is 18.7. The molecule has 7 nitrogen and oxygen atoms in total. The summed E-state index contributed by atoms with van der Waals surface area (Å²) in [7, 11) is 0. The second-order valence-electron chi connectivity index (χ2n) is 5.73. The number of esters is 2. The zero-order chi connectivity index (χ0) is 19.4. The maximum absolute atomic E-state index is 12.4. The minimum absolute atomic E-state index is 0.118. The molecule has 2 N–H and O–H groups in total. The Bertz CT molecular complexity index is 887. The summed E-state index contributed by atoms with van der Waals surface area (Å²) in [5, 5.41) is 6.43. The summed E-state index contributed by atoms with van der Waals surface area (Å²) in [6.45, 7) is 3.79. The summed E-state index contributed by atoms with van der Waals surface area (Å²) in [6, 6.07) is 9.45. The number of hydrogen-bond acceptors (Lipinski definition) is 6. The van der Waals surface area contributed by atoms with Gasteiger partial charge in [0.15, 0.2) is 5.11 Å². The maximum Gasteiger partial charge on any atom is 0.379 e. The van der Waals surface area contributed by atoms with Crippen molar-refractivity contribution in [1.29, 1.82) is 0 Å². The highest BCUT2D eigenvalue weighted by Gasteiger charge is 2.30. The Morgan fingerprint density at radius 2 is 1.93 bits per heavy atom. The fourth-order valence-corrected chi connectivity index (χ4v) is 2.97. The van der Waals surface area contributed by atoms with E-state index in [1.807, 2.05) is 0 Å². The van der Waals surface area contributed by atoms with Crippen molar-refractivity contribution in [3.05, 3.63) is 65.3 Å². The fourth-order valence-electron chi connectivity index (χ4n) is 2.70. The van der Waals surface area contributed by atoms with Crippen molar-refractivity contribution >= 4 is 29.3 Å². The van der Waals surface area contributed by atoms with Crippen LogP contribution in [0.5, 0.6) is 5.75 Å². The predicted molar refractivity (Wildman–Crippen MR) is 101 cm³/mol. The molecule has 0 saturated carbocycles. The van der Waals surface area contributed by atoms with E-state index in [1.165, 1.54) is 12.3 Å². The largest absolute Gasteiger partial charge is 0.463 e. The van der Waals surface area contributed by atoms with Gasteiger partial charge in [-0.15, -0.1) is 0 Å². The summed E-state index contributed by atoms with van der Waals surface area (Å²) in [6.07, 6.45) is 1.40. The van der Waals surface area contributed by atoms with Gasteiger partial charge in [-0.05, 0) is 55.9 Å². The van der Waals surface area contributed by atoms with Crippen LogP contribution < -0.4 is 15.4 Å². The van der Waals surface area contributed by atoms with Gasteiger partial charge in [-0.2, -0.15) is 0 Å². The molecule has 0 fully saturated rings. The van der Waals surface area contributed by atoms with E-state index in [-0.39, 0.29) is 12.4 Å². The third-order valence-electron chi connectivity index (χ3n) is 3.91. The van der Waals surface area contributed by atoms with Crippen molar-refractivity contribution in [1.82, 2.24) is 10.6 Å². The fraction of sp³-hybridized carbons (Fsp3) is 0.211. The Kier molecular flexibility index (Phi) is 5.56. The van der Waals surface area contributed by atoms with E-state index < -0.39 is 18.0 Å². The van der Waals surface area contributed by atoms with E-state index in [4.69, 9.17) is 26.1 Å². The molecule has 2 heterocycles. The van der Waals surface area contributed by atoms with Crippen LogP contribution in [0.15, 0.2) is 58.3 Å². The van der Waals surface area contributed by atoms with E-state index in [1.54, 1.807) is 44.2 Å². The summed E-state index contributed by atoms with van der Waals surface area (Å²) in [4.78, 5) is 24.3. The van der Waals surface area contributed by atoms with Crippen LogP contribution in [0.25, 0.3) is 0 Å². The molecule has 0 radical (unpaired) electrons. The minimum atomic E-state index is -0.586. The lowest BCUT2D eigenvalue weighted by molar-refractivity contribution is -0.139. The molecule has 0 unspecified atom stereocenters. The smallest absolute Gasteiger partial charge is 0.379 e. The first-order chi connectivity index (χ1) is 13.0. The van der Waals surface area contributed by atoms with E-state index in [0.717, 1.165) is 5.56 Å². The summed E-state index contributed by atoms with van der Waals surface area (Å²) in [5.41, 5.74) is 1.86. The Balaban J connectivity index is 1.82. The topological polar surface area (TPSA) is 89.8 Å². The molecule has 140 valence electrons. The van der Waals surface area contributed by atoms with Gasteiger partial charge in [-0.1, -0.05) is 12.1 Å². The van der Waals surface area contributed by atoms with E-state index in [2.05, 4.69) is 10.6 Å². The molecule has 1 atom stereocenters. The van der Waals surface area contributed by atoms with E-state index in [9.17, 15) is 9.59 Å². The number of hydrogen-bond donors (Lipinski definition) is 2. The van der Waals surface area contributed by atoms with Crippen molar-refractivity contribution in [3.63, 3.8) is 0 Å². The lowest BCUT2D eigenvalue weighted by atomic mass is 9.95. The summed E-state index contributed by atoms with van der Waals surface area (Å²) < 4.78 is 15.4. The summed E-state index contributed by atoms with van der Waals surface area (Å²) in [5.74, 6) is -0.532. The number of nitrogens with one attached hydrogen (secondary N) is 2. The molecule has 1 aliphatic rings. The SMILES string of the molecule is CCOC(=O)C1=C(C)NC(=S)N[C@H]1c1ccc(OC(=O)c2ccco2)cc1. The molecular weight excluding hydrogens is 368 g/mol. The van der Waals surface area contributed by atoms with Crippen LogP contribution in [0, 0.1) is 0 Å². The number of ether oxygens (including phenoxy) is 2. The number of allylic oxidation sites excluding steroid dienone is 1. The minimum Gasteiger partial charge on any atom is -0.463 e. The predicted octanol–water partition coefficient (Wildman–Crippen LogP) is 2.85. The Hall–Kier alpha value is -3.13. The Labute approximate surface area is 161 Å². The van der Waals surface area contributed by atoms with Crippen LogP contribution in [0.3, 0.4) is 0 Å². The molecule has 8 heteroatoms. The standard InChI is InChI=1S/C19H18N2O5S/c1-3-24-18(23)15-11(2)20-19(27)21-16(15)12-6-8-13(9-7-12)26-17(22)14-5-4-10-25-14/h4-10,16H,3H2,1-2H3,(H2,20,21,27)/t16-/m0/s1. The molecule has 0 amide bonds. The average molecular weight is 386 g/mol. The lowest BCUT2D eigenvalue weighted by Crippen LogP contribution is -2.45. The molecule has 1 aromatic carbocycles. The van der Waals surface area contributed by atoms with Gasteiger partial charge >= 0.3 is 11.9 Å². The van der Waals surface area contributed by atoms with Gasteiger partial charge in [-0.3, -0.25) is 0 Å². The quantitative estimate of drug-likeness (QED) is 0.461. The zero-order valence-corrected chi connectivity index (χ0v) is 15.6. The molecule has 0 spiro atoms. The molecule has 3 rings (SSSR count). The number of rotatable bonds is 5. The van der Waals surface area contributed by atoms with E-state index >= 15 is 0 Å². The molecule has 1 aromatic heterocycles. The second-order valence-corrected chi connectivity index (χ2v) is 6.13. The first-order valence-corrected chi connectivity index (χ1v) is 8.71. The highest BCUT2D eigenvalue weighted by atomic mass is 32.1. The first-order valence-electron chi connectivity index (χ1n) is 8.30. The van der Waals surface area contributed by atoms with Crippen LogP contribution in [0.4, 0.5) is 0 Å². The average Bonchev–Trinajstić information content (AvgIpc) is 3.16. The molecular formula is C19H18N2O5S. The monoisotopic (exact) mass is 386 g/mol. The van der Waals surface area contributed by atoms with Crippen LogP contribution in [-0.2, 0) is 9.53 Å². The second kappa shape index (κ2) is 8.05. The molecule has 0 bridgehead atoms. The van der Waals surface area contributed by atoms with Crippen molar-refractivity contribution in [3.8, 4) is 5.75 Å². The Morgan fingerprint density at radius 1 is 1.19 bits per heavy atom. The zero-order valence-electron chi connectivity index (χ0n) is 14.8. The van der Waals surface area contributed by atoms with Gasteiger partial charge in [0.1, 0.15) is 5.75 Å². The molecule has 27 heavy (non-hydrogen) atoms. The van der Waals surface area contributed by atoms with Gasteiger partial charge in [0.05, 0.1) is 24.5 Å². The molecule has 0 aliphatic carbocycles. The van der Waals surface area contributed by atoms with Crippen molar-refractivity contribution in [2.75, 3.05) is 6.61 Å². The van der Waals surface area contributed by atoms with Crippen molar-refractivity contribution < 1.29 is 23.5 Å². The van der Waals surface area contributed by atoms with Gasteiger partial charge in [-0.25, -0.2) is 9.59 Å². The normalized spacial score (nSPS) is 16.4. The number of benzene rings is 1. The van der Waals surface area contributed by atoms with Crippen molar-refractivity contribution in [2.24, 2.45) is 0 Å². The number of carbonyl (C=O) groups excluding carboxylic acids is 2. The maximum atomic E-state index is 12.4. The number of thiocarbonyl (C=S) groups is 1. The van der Waals surface area contributed by atoms with Crippen LogP contribution in [-0.4, -0.2) is 23.7 Å². The van der Waals surface area contributed by atoms with Crippen LogP contribution >= 0.6 is 12.2 Å². The highest BCUT2D eigenvalue weighted by Crippen LogP contribution is 2.29. The third-order valence-corrected chi connectivity index (χ3v) is 4.13. The van der Waals surface area contributed by atoms with Crippen molar-refractivity contribution in [2.45, 2.75) is 19.9 Å². The molecule has 2 aromatic rings. The molecule has 1 aliphatic heterocycles. The van der Waals surface area contributed by atoms with Gasteiger partial charge in [0.2, 0.25) is 5.76 Å². The summed E-state index contributed by atoms with van der Waals surface area (Å²) >= 11 is 5.20. The van der Waals surface area contributed by atoms with Gasteiger partial charge in [0.25, 0.3) is 0 Å². The van der Waals surface area contributed by atoms with Gasteiger partial charge < -0.3 is 24.5 Å². The van der Waals surface area contributed by atoms with Crippen LogP contribution in [0.1, 0.15) is 36.0 Å². The van der Waals surface area contributed by atoms with E-state index in [0.29, 0.717) is 22.1 Å². The number of carbonyl (C=O) groups is 2. The number of furan rings is 1. The molecule has 0 saturated heterocycles. The third kappa shape index (κ3) is 4.17. The van der Waals surface area contributed by atoms with Gasteiger partial charge in [0, 0.05) is 5.70 Å². The highest BCUT2D eigenvalue weighted by molar-refractivity contribution is 7.80. The Morgan fingerprint density at radius 3 is 2.56 bits per heavy atom.